The van der Waals surface area contributed by atoms with Crippen molar-refractivity contribution in [2.24, 2.45) is 0 Å². The van der Waals surface area contributed by atoms with Gasteiger partial charge in [-0.05, 0) is 18.6 Å². The zero-order valence-corrected chi connectivity index (χ0v) is 13.8. The summed E-state index contributed by atoms with van der Waals surface area (Å²) in [4.78, 5) is 9.87. The highest BCUT2D eigenvalue weighted by atomic mass is 79.9. The second kappa shape index (κ2) is 12.8. The Morgan fingerprint density at radius 1 is 1.35 bits per heavy atom. The molecule has 20 heavy (non-hydrogen) atoms. The maximum absolute atomic E-state index is 13.3. The summed E-state index contributed by atoms with van der Waals surface area (Å²) in [5, 5.41) is 21.9. The van der Waals surface area contributed by atoms with E-state index in [9.17, 15) is 14.5 Å². The number of nitrogens with zero attached hydrogens (tertiary/aromatic N) is 1. The molecule has 0 saturated carbocycles. The first-order valence-corrected chi connectivity index (χ1v) is 7.33. The lowest BCUT2D eigenvalue weighted by Gasteiger charge is -2.07. The van der Waals surface area contributed by atoms with E-state index >= 15 is 0 Å². The zero-order valence-electron chi connectivity index (χ0n) is 12.2. The molecule has 0 saturated heterocycles. The summed E-state index contributed by atoms with van der Waals surface area (Å²) in [6.45, 7) is 8.31. The number of nitro benzene ring substituents is 1. The molecule has 7 heteroatoms. The SMILES string of the molecule is CC.CC.O=[N+]([O-])c1c(F)cc(Br)cc1NCCCO. The number of hydrogen-bond acceptors (Lipinski definition) is 4. The standard InChI is InChI=1S/C9H10BrFN2O3.2C2H6/c10-6-4-7(11)9(13(15)16)8(5-6)12-2-1-3-14;2*1-2/h4-5,12,14H,1-3H2;2*1-2H3. The molecule has 0 unspecified atom stereocenters. The lowest BCUT2D eigenvalue weighted by Crippen LogP contribution is -2.07. The topological polar surface area (TPSA) is 75.4 Å². The van der Waals surface area contributed by atoms with Crippen molar-refractivity contribution in [3.63, 3.8) is 0 Å². The molecule has 0 fully saturated rings. The van der Waals surface area contributed by atoms with Gasteiger partial charge < -0.3 is 10.4 Å². The Hall–Kier alpha value is -1.21. The fraction of sp³-hybridized carbons (Fsp3) is 0.538. The van der Waals surface area contributed by atoms with E-state index in [1.807, 2.05) is 27.7 Å². The zero-order chi connectivity index (χ0) is 16.1. The Labute approximate surface area is 127 Å². The first kappa shape index (κ1) is 21.1. The third-order valence-electron chi connectivity index (χ3n) is 1.86. The molecule has 0 radical (unpaired) electrons. The first-order chi connectivity index (χ1) is 9.56. The van der Waals surface area contributed by atoms with Crippen LogP contribution in [-0.2, 0) is 0 Å². The van der Waals surface area contributed by atoms with E-state index in [0.29, 0.717) is 17.4 Å². The summed E-state index contributed by atoms with van der Waals surface area (Å²) in [5.74, 6) is -0.897. The molecule has 1 aromatic rings. The van der Waals surface area contributed by atoms with Crippen molar-refractivity contribution in [3.05, 3.63) is 32.5 Å². The van der Waals surface area contributed by atoms with Crippen LogP contribution in [0.4, 0.5) is 15.8 Å². The first-order valence-electron chi connectivity index (χ1n) is 6.54. The van der Waals surface area contributed by atoms with Crippen LogP contribution in [0.3, 0.4) is 0 Å². The van der Waals surface area contributed by atoms with Crippen molar-refractivity contribution in [3.8, 4) is 0 Å². The molecule has 0 aliphatic carbocycles. The van der Waals surface area contributed by atoms with Crippen LogP contribution in [0, 0.1) is 15.9 Å². The van der Waals surface area contributed by atoms with Gasteiger partial charge in [0.15, 0.2) is 0 Å². The number of halogens is 2. The molecule has 0 spiro atoms. The molecule has 1 rings (SSSR count). The van der Waals surface area contributed by atoms with Gasteiger partial charge in [-0.1, -0.05) is 43.6 Å². The van der Waals surface area contributed by atoms with Gasteiger partial charge in [-0.25, -0.2) is 0 Å². The number of nitro groups is 1. The average Bonchev–Trinajstić information content (AvgIpc) is 2.42. The largest absolute Gasteiger partial charge is 0.396 e. The fourth-order valence-electron chi connectivity index (χ4n) is 1.19. The van der Waals surface area contributed by atoms with Gasteiger partial charge in [0, 0.05) is 17.6 Å². The molecule has 0 aliphatic rings. The molecule has 0 aromatic heterocycles. The minimum atomic E-state index is -0.897. The quantitative estimate of drug-likeness (QED) is 0.469. The predicted molar refractivity (Wildman–Crippen MR) is 83.6 cm³/mol. The van der Waals surface area contributed by atoms with Gasteiger partial charge in [-0.3, -0.25) is 10.1 Å². The van der Waals surface area contributed by atoms with Gasteiger partial charge in [-0.2, -0.15) is 4.39 Å². The third-order valence-corrected chi connectivity index (χ3v) is 2.32. The average molecular weight is 353 g/mol. The number of aliphatic hydroxyl groups is 1. The summed E-state index contributed by atoms with van der Waals surface area (Å²) in [5.41, 5.74) is -0.480. The van der Waals surface area contributed by atoms with E-state index in [1.165, 1.54) is 6.07 Å². The number of hydrogen-bond donors (Lipinski definition) is 2. The van der Waals surface area contributed by atoms with E-state index in [4.69, 9.17) is 5.11 Å². The van der Waals surface area contributed by atoms with Gasteiger partial charge in [-0.15, -0.1) is 0 Å². The second-order valence-corrected chi connectivity index (χ2v) is 3.96. The van der Waals surface area contributed by atoms with E-state index < -0.39 is 16.4 Å². The number of nitrogens with one attached hydrogen (secondary N) is 1. The van der Waals surface area contributed by atoms with Gasteiger partial charge in [0.1, 0.15) is 5.69 Å². The molecule has 5 nitrogen and oxygen atoms in total. The number of benzene rings is 1. The van der Waals surface area contributed by atoms with Crippen LogP contribution >= 0.6 is 15.9 Å². The van der Waals surface area contributed by atoms with E-state index in [-0.39, 0.29) is 12.3 Å². The molecule has 0 heterocycles. The van der Waals surface area contributed by atoms with Crippen molar-refractivity contribution in [2.75, 3.05) is 18.5 Å². The lowest BCUT2D eigenvalue weighted by molar-refractivity contribution is -0.386. The second-order valence-electron chi connectivity index (χ2n) is 3.04. The van der Waals surface area contributed by atoms with Crippen LogP contribution in [0.25, 0.3) is 0 Å². The van der Waals surface area contributed by atoms with Crippen molar-refractivity contribution < 1.29 is 14.4 Å². The van der Waals surface area contributed by atoms with Gasteiger partial charge in [0.2, 0.25) is 5.82 Å². The third kappa shape index (κ3) is 7.40. The smallest absolute Gasteiger partial charge is 0.327 e. The minimum absolute atomic E-state index is 0.0305. The molecule has 2 N–H and O–H groups in total. The highest BCUT2D eigenvalue weighted by Crippen LogP contribution is 2.31. The normalized spacial score (nSPS) is 8.75. The Morgan fingerprint density at radius 3 is 2.35 bits per heavy atom. The lowest BCUT2D eigenvalue weighted by atomic mass is 10.2. The van der Waals surface area contributed by atoms with Gasteiger partial charge >= 0.3 is 5.69 Å². The number of rotatable bonds is 5. The Bertz CT molecular complexity index is 403. The number of aliphatic hydroxyl groups excluding tert-OH is 1. The fourth-order valence-corrected chi connectivity index (χ4v) is 1.62. The van der Waals surface area contributed by atoms with Gasteiger partial charge in [0.05, 0.1) is 4.92 Å². The summed E-state index contributed by atoms with van der Waals surface area (Å²) >= 11 is 3.05. The number of anilines is 1. The monoisotopic (exact) mass is 352 g/mol. The maximum Gasteiger partial charge on any atom is 0.327 e. The molecule has 0 aliphatic heterocycles. The van der Waals surface area contributed by atoms with E-state index in [2.05, 4.69) is 21.2 Å². The minimum Gasteiger partial charge on any atom is -0.396 e. The predicted octanol–water partition coefficient (Wildman–Crippen LogP) is 4.34. The van der Waals surface area contributed by atoms with E-state index in [1.54, 1.807) is 0 Å². The molecule has 0 atom stereocenters. The highest BCUT2D eigenvalue weighted by Gasteiger charge is 2.20. The van der Waals surface area contributed by atoms with Gasteiger partial charge in [0.25, 0.3) is 0 Å². The Morgan fingerprint density at radius 2 is 1.90 bits per heavy atom. The molecule has 0 amide bonds. The highest BCUT2D eigenvalue weighted by molar-refractivity contribution is 9.10. The summed E-state index contributed by atoms with van der Waals surface area (Å²) in [6.07, 6.45) is 0.436. The molecular weight excluding hydrogens is 331 g/mol. The van der Waals surface area contributed by atoms with Crippen molar-refractivity contribution in [2.45, 2.75) is 34.1 Å². The van der Waals surface area contributed by atoms with E-state index in [0.717, 1.165) is 6.07 Å². The molecule has 116 valence electrons. The molecular formula is C13H22BrFN2O3. The van der Waals surface area contributed by atoms with Crippen LogP contribution in [0.15, 0.2) is 16.6 Å². The van der Waals surface area contributed by atoms with Crippen LogP contribution in [0.1, 0.15) is 34.1 Å². The Kier molecular flexibility index (Phi) is 13.5. The van der Waals surface area contributed by atoms with Crippen molar-refractivity contribution in [1.29, 1.82) is 0 Å². The van der Waals surface area contributed by atoms with Crippen molar-refractivity contribution in [1.82, 2.24) is 0 Å². The van der Waals surface area contributed by atoms with Crippen LogP contribution in [0.2, 0.25) is 0 Å². The van der Waals surface area contributed by atoms with Crippen LogP contribution < -0.4 is 5.32 Å². The maximum atomic E-state index is 13.3. The summed E-state index contributed by atoms with van der Waals surface area (Å²) in [7, 11) is 0. The molecule has 0 bridgehead atoms. The van der Waals surface area contributed by atoms with Crippen molar-refractivity contribution >= 4 is 27.3 Å². The summed E-state index contributed by atoms with van der Waals surface area (Å²) in [6, 6.07) is 2.47. The van der Waals surface area contributed by atoms with Crippen LogP contribution in [-0.4, -0.2) is 23.2 Å². The summed E-state index contributed by atoms with van der Waals surface area (Å²) < 4.78 is 13.7. The Balaban J connectivity index is 0. The molecule has 1 aromatic carbocycles. The van der Waals surface area contributed by atoms with Crippen LogP contribution in [0.5, 0.6) is 0 Å².